The van der Waals surface area contributed by atoms with Crippen LogP contribution in [-0.2, 0) is 16.1 Å². The molecule has 0 fully saturated rings. The van der Waals surface area contributed by atoms with Crippen LogP contribution in [0.5, 0.6) is 0 Å². The van der Waals surface area contributed by atoms with Crippen LogP contribution in [0.15, 0.2) is 42.5 Å². The van der Waals surface area contributed by atoms with Crippen molar-refractivity contribution in [2.45, 2.75) is 27.3 Å². The first-order valence-electron chi connectivity index (χ1n) is 9.83. The lowest BCUT2D eigenvalue weighted by Gasteiger charge is -2.09. The van der Waals surface area contributed by atoms with Crippen molar-refractivity contribution in [2.24, 2.45) is 0 Å². The molecule has 2 N–H and O–H groups in total. The number of hydrogen-bond acceptors (Lipinski definition) is 6. The minimum absolute atomic E-state index is 0.0986. The zero-order chi connectivity index (χ0) is 23.3. The first-order chi connectivity index (χ1) is 15.3. The van der Waals surface area contributed by atoms with E-state index in [4.69, 9.17) is 16.3 Å². The largest absolute Gasteiger partial charge is 0.462 e. The second-order valence-corrected chi connectivity index (χ2v) is 7.38. The Morgan fingerprint density at radius 3 is 2.62 bits per heavy atom. The minimum Gasteiger partial charge on any atom is -0.462 e. The highest BCUT2D eigenvalue weighted by Gasteiger charge is 2.19. The van der Waals surface area contributed by atoms with Gasteiger partial charge in [0, 0.05) is 16.4 Å². The fraction of sp³-hybridized carbons (Fsp3) is 0.227. The third kappa shape index (κ3) is 5.50. The highest BCUT2D eigenvalue weighted by atomic mass is 35.5. The molecule has 2 amide bonds. The predicted molar refractivity (Wildman–Crippen MR) is 120 cm³/mol. The lowest BCUT2D eigenvalue weighted by atomic mass is 10.2. The van der Waals surface area contributed by atoms with Gasteiger partial charge in [0.1, 0.15) is 6.54 Å². The van der Waals surface area contributed by atoms with Crippen molar-refractivity contribution in [3.8, 4) is 0 Å². The van der Waals surface area contributed by atoms with Crippen molar-refractivity contribution < 1.29 is 19.1 Å². The van der Waals surface area contributed by atoms with Crippen molar-refractivity contribution in [3.05, 3.63) is 70.0 Å². The summed E-state index contributed by atoms with van der Waals surface area (Å²) in [6, 6.07) is 11.6. The molecular weight excluding hydrogens is 434 g/mol. The second-order valence-electron chi connectivity index (χ2n) is 6.94. The van der Waals surface area contributed by atoms with Gasteiger partial charge in [0.25, 0.3) is 5.91 Å². The van der Waals surface area contributed by atoms with Crippen LogP contribution in [0.2, 0.25) is 5.02 Å². The van der Waals surface area contributed by atoms with Gasteiger partial charge in [-0.1, -0.05) is 28.9 Å². The lowest BCUT2D eigenvalue weighted by molar-refractivity contribution is -0.117. The van der Waals surface area contributed by atoms with Crippen LogP contribution < -0.4 is 10.6 Å². The predicted octanol–water partition coefficient (Wildman–Crippen LogP) is 3.62. The zero-order valence-electron chi connectivity index (χ0n) is 17.8. The molecule has 0 radical (unpaired) electrons. The third-order valence-electron chi connectivity index (χ3n) is 4.60. The van der Waals surface area contributed by atoms with E-state index < -0.39 is 17.8 Å². The number of nitrogens with one attached hydrogen (secondary N) is 2. The topological polar surface area (TPSA) is 115 Å². The highest BCUT2D eigenvalue weighted by Crippen LogP contribution is 2.21. The fourth-order valence-corrected chi connectivity index (χ4v) is 3.08. The van der Waals surface area contributed by atoms with Crippen LogP contribution in [0.25, 0.3) is 0 Å². The van der Waals surface area contributed by atoms with E-state index >= 15 is 0 Å². The van der Waals surface area contributed by atoms with E-state index in [0.717, 1.165) is 5.56 Å². The van der Waals surface area contributed by atoms with Gasteiger partial charge in [-0.05, 0) is 56.7 Å². The molecular formula is C22H22ClN5O4. The summed E-state index contributed by atoms with van der Waals surface area (Å²) < 4.78 is 6.29. The molecule has 0 unspecified atom stereocenters. The minimum atomic E-state index is -0.471. The molecule has 0 atom stereocenters. The number of hydrogen-bond donors (Lipinski definition) is 2. The quantitative estimate of drug-likeness (QED) is 0.526. The Kier molecular flexibility index (Phi) is 7.21. The fourth-order valence-electron chi connectivity index (χ4n) is 2.91. The maximum Gasteiger partial charge on any atom is 0.338 e. The number of aryl methyl sites for hydroxylation is 1. The first kappa shape index (κ1) is 23.0. The number of rotatable bonds is 7. The van der Waals surface area contributed by atoms with E-state index in [1.165, 1.54) is 10.7 Å². The van der Waals surface area contributed by atoms with Gasteiger partial charge in [-0.25, -0.2) is 9.48 Å². The Morgan fingerprint density at radius 2 is 1.88 bits per heavy atom. The summed E-state index contributed by atoms with van der Waals surface area (Å²) in [4.78, 5) is 36.9. The van der Waals surface area contributed by atoms with Crippen LogP contribution in [0.3, 0.4) is 0 Å². The Labute approximate surface area is 189 Å². The number of halogens is 1. The van der Waals surface area contributed by atoms with Crippen molar-refractivity contribution >= 4 is 40.8 Å². The Bertz CT molecular complexity index is 1170. The van der Waals surface area contributed by atoms with Gasteiger partial charge in [-0.3, -0.25) is 9.59 Å². The van der Waals surface area contributed by atoms with E-state index in [1.807, 2.05) is 6.92 Å². The van der Waals surface area contributed by atoms with E-state index in [-0.39, 0.29) is 18.8 Å². The standard InChI is InChI=1S/C22H22ClN5O4/c1-4-32-22(31)15-6-5-7-17(10-15)24-19(29)12-28-14(3)20(26-27-28)21(30)25-18-11-16(23)9-8-13(18)2/h5-11H,4,12H2,1-3H3,(H,24,29)(H,25,30). The number of anilines is 2. The number of carbonyl (C=O) groups is 3. The summed E-state index contributed by atoms with van der Waals surface area (Å²) in [7, 11) is 0. The van der Waals surface area contributed by atoms with Gasteiger partial charge < -0.3 is 15.4 Å². The second kappa shape index (κ2) is 10.1. The van der Waals surface area contributed by atoms with Crippen molar-refractivity contribution in [1.82, 2.24) is 15.0 Å². The summed E-state index contributed by atoms with van der Waals surface area (Å²) in [6.45, 7) is 5.31. The van der Waals surface area contributed by atoms with Gasteiger partial charge in [0.2, 0.25) is 5.91 Å². The molecule has 9 nitrogen and oxygen atoms in total. The Balaban J connectivity index is 1.67. The van der Waals surface area contributed by atoms with Crippen LogP contribution in [0.4, 0.5) is 11.4 Å². The molecule has 0 bridgehead atoms. The number of carbonyl (C=O) groups excluding carboxylic acids is 3. The molecule has 0 saturated carbocycles. The van der Waals surface area contributed by atoms with Gasteiger partial charge in [-0.15, -0.1) is 5.10 Å². The van der Waals surface area contributed by atoms with Crippen LogP contribution >= 0.6 is 11.6 Å². The molecule has 0 saturated heterocycles. The molecule has 1 aromatic heterocycles. The van der Waals surface area contributed by atoms with E-state index in [9.17, 15) is 14.4 Å². The molecule has 10 heteroatoms. The number of benzene rings is 2. The average Bonchev–Trinajstić information content (AvgIpc) is 3.11. The number of amides is 2. The summed E-state index contributed by atoms with van der Waals surface area (Å²) in [5, 5.41) is 13.8. The molecule has 0 aliphatic carbocycles. The Hall–Kier alpha value is -3.72. The lowest BCUT2D eigenvalue weighted by Crippen LogP contribution is -2.21. The average molecular weight is 456 g/mol. The summed E-state index contributed by atoms with van der Waals surface area (Å²) in [6.07, 6.45) is 0. The molecule has 1 heterocycles. The van der Waals surface area contributed by atoms with E-state index in [0.29, 0.717) is 27.7 Å². The summed E-state index contributed by atoms with van der Waals surface area (Å²) in [5.74, 6) is -1.32. The maximum atomic E-state index is 12.6. The van der Waals surface area contributed by atoms with Crippen molar-refractivity contribution in [1.29, 1.82) is 0 Å². The third-order valence-corrected chi connectivity index (χ3v) is 4.83. The molecule has 2 aromatic carbocycles. The SMILES string of the molecule is CCOC(=O)c1cccc(NC(=O)Cn2nnc(C(=O)Nc3cc(Cl)ccc3C)c2C)c1. The molecule has 166 valence electrons. The van der Waals surface area contributed by atoms with Crippen LogP contribution in [-0.4, -0.2) is 39.4 Å². The number of nitrogens with zero attached hydrogens (tertiary/aromatic N) is 3. The van der Waals surface area contributed by atoms with Crippen molar-refractivity contribution in [3.63, 3.8) is 0 Å². The molecule has 0 aliphatic heterocycles. The van der Waals surface area contributed by atoms with Crippen molar-refractivity contribution in [2.75, 3.05) is 17.2 Å². The van der Waals surface area contributed by atoms with Crippen LogP contribution in [0, 0.1) is 13.8 Å². The van der Waals surface area contributed by atoms with Gasteiger partial charge >= 0.3 is 5.97 Å². The number of ether oxygens (including phenoxy) is 1. The van der Waals surface area contributed by atoms with Crippen LogP contribution in [0.1, 0.15) is 39.0 Å². The Morgan fingerprint density at radius 1 is 1.09 bits per heavy atom. The molecule has 3 rings (SSSR count). The molecule has 3 aromatic rings. The highest BCUT2D eigenvalue weighted by molar-refractivity contribution is 6.31. The molecule has 32 heavy (non-hydrogen) atoms. The molecule has 0 aliphatic rings. The molecule has 0 spiro atoms. The van der Waals surface area contributed by atoms with Gasteiger partial charge in [0.05, 0.1) is 17.9 Å². The number of aromatic nitrogens is 3. The van der Waals surface area contributed by atoms with Gasteiger partial charge in [0.15, 0.2) is 5.69 Å². The summed E-state index contributed by atoms with van der Waals surface area (Å²) in [5.41, 5.74) is 2.71. The normalized spacial score (nSPS) is 10.5. The monoisotopic (exact) mass is 455 g/mol. The summed E-state index contributed by atoms with van der Waals surface area (Å²) >= 11 is 5.99. The smallest absolute Gasteiger partial charge is 0.338 e. The van der Waals surface area contributed by atoms with E-state index in [2.05, 4.69) is 20.9 Å². The van der Waals surface area contributed by atoms with Gasteiger partial charge in [-0.2, -0.15) is 0 Å². The van der Waals surface area contributed by atoms with E-state index in [1.54, 1.807) is 50.2 Å². The number of esters is 1. The maximum absolute atomic E-state index is 12.6. The first-order valence-corrected chi connectivity index (χ1v) is 10.2. The zero-order valence-corrected chi connectivity index (χ0v) is 18.6.